The molecule has 5 nitrogen and oxygen atoms in total. The lowest BCUT2D eigenvalue weighted by Crippen LogP contribution is -2.44. The van der Waals surface area contributed by atoms with Gasteiger partial charge in [0.1, 0.15) is 0 Å². The van der Waals surface area contributed by atoms with Gasteiger partial charge in [-0.3, -0.25) is 4.90 Å². The predicted molar refractivity (Wildman–Crippen MR) is 65.8 cm³/mol. The van der Waals surface area contributed by atoms with Crippen LogP contribution in [0.15, 0.2) is 24.4 Å². The van der Waals surface area contributed by atoms with Gasteiger partial charge >= 0.3 is 0 Å². The maximum Gasteiger partial charge on any atom is 0.165 e. The second-order valence-electron chi connectivity index (χ2n) is 4.61. The number of rotatable bonds is 2. The molecule has 3 heterocycles. The van der Waals surface area contributed by atoms with Crippen molar-refractivity contribution in [3.05, 3.63) is 30.2 Å². The number of hydrogen-bond acceptors (Lipinski definition) is 4. The molecule has 0 amide bonds. The Balaban J connectivity index is 1.72. The standard InChI is InChI=1S/C12H17N5/c1-15-6-8-16(9-7-15)10-11-13-12-4-2-3-5-17(12)14-11/h2-5H,6-10H2,1H3. The molecule has 3 rings (SSSR count). The zero-order chi connectivity index (χ0) is 11.7. The van der Waals surface area contributed by atoms with Crippen LogP contribution in [0.2, 0.25) is 0 Å². The van der Waals surface area contributed by atoms with E-state index in [0.717, 1.165) is 44.2 Å². The first kappa shape index (κ1) is 10.7. The van der Waals surface area contributed by atoms with Gasteiger partial charge in [-0.1, -0.05) is 6.07 Å². The zero-order valence-electron chi connectivity index (χ0n) is 10.1. The van der Waals surface area contributed by atoms with Crippen molar-refractivity contribution < 1.29 is 0 Å². The highest BCUT2D eigenvalue weighted by atomic mass is 15.3. The highest BCUT2D eigenvalue weighted by Crippen LogP contribution is 2.06. The van der Waals surface area contributed by atoms with Gasteiger partial charge in [-0.15, -0.1) is 5.10 Å². The van der Waals surface area contributed by atoms with Gasteiger partial charge in [0.25, 0.3) is 0 Å². The van der Waals surface area contributed by atoms with Crippen LogP contribution in [0.3, 0.4) is 0 Å². The largest absolute Gasteiger partial charge is 0.304 e. The molecule has 2 aromatic heterocycles. The fourth-order valence-electron chi connectivity index (χ4n) is 2.15. The second-order valence-corrected chi connectivity index (χ2v) is 4.61. The number of hydrogen-bond donors (Lipinski definition) is 0. The maximum atomic E-state index is 4.52. The van der Waals surface area contributed by atoms with Gasteiger partial charge in [-0.25, -0.2) is 9.50 Å². The minimum absolute atomic E-state index is 0.857. The first-order valence-electron chi connectivity index (χ1n) is 6.02. The van der Waals surface area contributed by atoms with Crippen molar-refractivity contribution in [2.75, 3.05) is 33.2 Å². The summed E-state index contributed by atoms with van der Waals surface area (Å²) < 4.78 is 1.84. The zero-order valence-corrected chi connectivity index (χ0v) is 10.1. The van der Waals surface area contributed by atoms with Gasteiger partial charge in [0.2, 0.25) is 0 Å². The van der Waals surface area contributed by atoms with E-state index in [1.807, 2.05) is 28.9 Å². The van der Waals surface area contributed by atoms with Gasteiger partial charge in [-0.05, 0) is 19.2 Å². The Bertz CT molecular complexity index is 465. The topological polar surface area (TPSA) is 36.7 Å². The Morgan fingerprint density at radius 2 is 2.00 bits per heavy atom. The Morgan fingerprint density at radius 1 is 1.18 bits per heavy atom. The van der Waals surface area contributed by atoms with Crippen molar-refractivity contribution in [1.29, 1.82) is 0 Å². The molecule has 90 valence electrons. The van der Waals surface area contributed by atoms with E-state index < -0.39 is 0 Å². The number of aromatic nitrogens is 3. The molecule has 1 fully saturated rings. The third kappa shape index (κ3) is 2.30. The molecular weight excluding hydrogens is 214 g/mol. The van der Waals surface area contributed by atoms with Crippen LogP contribution < -0.4 is 0 Å². The molecule has 0 bridgehead atoms. The lowest BCUT2D eigenvalue weighted by molar-refractivity contribution is 0.145. The quantitative estimate of drug-likeness (QED) is 0.753. The molecule has 5 heteroatoms. The summed E-state index contributed by atoms with van der Waals surface area (Å²) in [5.41, 5.74) is 0.927. The summed E-state index contributed by atoms with van der Waals surface area (Å²) in [6.45, 7) is 5.33. The minimum atomic E-state index is 0.857. The number of likely N-dealkylation sites (N-methyl/N-ethyl adjacent to an activating group) is 1. The van der Waals surface area contributed by atoms with E-state index in [2.05, 4.69) is 26.9 Å². The number of piperazine rings is 1. The summed E-state index contributed by atoms with van der Waals surface area (Å²) in [7, 11) is 2.17. The fourth-order valence-corrected chi connectivity index (χ4v) is 2.15. The van der Waals surface area contributed by atoms with Crippen molar-refractivity contribution in [3.63, 3.8) is 0 Å². The van der Waals surface area contributed by atoms with Crippen LogP contribution in [0.1, 0.15) is 5.82 Å². The molecule has 0 radical (unpaired) electrons. The van der Waals surface area contributed by atoms with E-state index in [1.54, 1.807) is 0 Å². The molecule has 0 aromatic carbocycles. The lowest BCUT2D eigenvalue weighted by atomic mass is 10.3. The monoisotopic (exact) mass is 231 g/mol. The average molecular weight is 231 g/mol. The number of nitrogens with zero attached hydrogens (tertiary/aromatic N) is 5. The Labute approximate surface area is 101 Å². The fraction of sp³-hybridized carbons (Fsp3) is 0.500. The van der Waals surface area contributed by atoms with E-state index in [-0.39, 0.29) is 0 Å². The molecule has 1 aliphatic heterocycles. The van der Waals surface area contributed by atoms with Gasteiger partial charge in [0.05, 0.1) is 6.54 Å². The molecule has 0 aliphatic carbocycles. The van der Waals surface area contributed by atoms with Crippen molar-refractivity contribution >= 4 is 5.65 Å². The van der Waals surface area contributed by atoms with Crippen LogP contribution >= 0.6 is 0 Å². The Kier molecular flexibility index (Phi) is 2.78. The highest BCUT2D eigenvalue weighted by molar-refractivity contribution is 5.36. The van der Waals surface area contributed by atoms with E-state index >= 15 is 0 Å². The minimum Gasteiger partial charge on any atom is -0.304 e. The summed E-state index contributed by atoms with van der Waals surface area (Å²) in [6.07, 6.45) is 1.94. The molecule has 1 aliphatic rings. The predicted octanol–water partition coefficient (Wildman–Crippen LogP) is 0.477. The normalized spacial score (nSPS) is 18.9. The van der Waals surface area contributed by atoms with Crippen molar-refractivity contribution in [2.24, 2.45) is 0 Å². The second kappa shape index (κ2) is 4.43. The molecule has 1 saturated heterocycles. The molecule has 0 N–H and O–H groups in total. The number of fused-ring (bicyclic) bond motifs is 1. The Morgan fingerprint density at radius 3 is 2.76 bits per heavy atom. The summed E-state index contributed by atoms with van der Waals surface area (Å²) in [6, 6.07) is 5.95. The lowest BCUT2D eigenvalue weighted by Gasteiger charge is -2.31. The van der Waals surface area contributed by atoms with E-state index in [1.165, 1.54) is 0 Å². The molecule has 0 spiro atoms. The Hall–Kier alpha value is -1.46. The first-order valence-corrected chi connectivity index (χ1v) is 6.02. The van der Waals surface area contributed by atoms with Gasteiger partial charge in [-0.2, -0.15) is 0 Å². The smallest absolute Gasteiger partial charge is 0.165 e. The molecular formula is C12H17N5. The maximum absolute atomic E-state index is 4.52. The van der Waals surface area contributed by atoms with Crippen LogP contribution in [-0.2, 0) is 6.54 Å². The summed E-state index contributed by atoms with van der Waals surface area (Å²) in [5.74, 6) is 0.917. The van der Waals surface area contributed by atoms with Crippen molar-refractivity contribution in [3.8, 4) is 0 Å². The van der Waals surface area contributed by atoms with E-state index in [4.69, 9.17) is 0 Å². The number of pyridine rings is 1. The van der Waals surface area contributed by atoms with Crippen LogP contribution in [0.25, 0.3) is 5.65 Å². The summed E-state index contributed by atoms with van der Waals surface area (Å²) in [4.78, 5) is 9.29. The van der Waals surface area contributed by atoms with Gasteiger partial charge in [0.15, 0.2) is 11.5 Å². The summed E-state index contributed by atoms with van der Waals surface area (Å²) >= 11 is 0. The highest BCUT2D eigenvalue weighted by Gasteiger charge is 2.15. The molecule has 17 heavy (non-hydrogen) atoms. The van der Waals surface area contributed by atoms with Crippen molar-refractivity contribution in [2.45, 2.75) is 6.54 Å². The van der Waals surface area contributed by atoms with E-state index in [9.17, 15) is 0 Å². The summed E-state index contributed by atoms with van der Waals surface area (Å²) in [5, 5.41) is 4.48. The third-order valence-electron chi connectivity index (χ3n) is 3.25. The third-order valence-corrected chi connectivity index (χ3v) is 3.25. The van der Waals surface area contributed by atoms with Gasteiger partial charge in [0, 0.05) is 32.4 Å². The average Bonchev–Trinajstić information content (AvgIpc) is 2.74. The van der Waals surface area contributed by atoms with Crippen molar-refractivity contribution in [1.82, 2.24) is 24.4 Å². The SMILES string of the molecule is CN1CCN(Cc2nc3ccccn3n2)CC1. The molecule has 2 aromatic rings. The molecule has 0 unspecified atom stereocenters. The van der Waals surface area contributed by atoms with Crippen LogP contribution in [0, 0.1) is 0 Å². The van der Waals surface area contributed by atoms with Gasteiger partial charge < -0.3 is 4.90 Å². The van der Waals surface area contributed by atoms with Crippen LogP contribution in [-0.4, -0.2) is 57.6 Å². The van der Waals surface area contributed by atoms with E-state index in [0.29, 0.717) is 0 Å². The van der Waals surface area contributed by atoms with Crippen LogP contribution in [0.4, 0.5) is 0 Å². The molecule has 0 atom stereocenters. The first-order chi connectivity index (χ1) is 8.31. The molecule has 0 saturated carbocycles. The van der Waals surface area contributed by atoms with Crippen LogP contribution in [0.5, 0.6) is 0 Å².